The van der Waals surface area contributed by atoms with Gasteiger partial charge in [0.15, 0.2) is 5.78 Å². The number of rotatable bonds is 3. The maximum absolute atomic E-state index is 11.2. The predicted octanol–water partition coefficient (Wildman–Crippen LogP) is 2.76. The summed E-state index contributed by atoms with van der Waals surface area (Å²) in [6.45, 7) is 3.10. The Balaban J connectivity index is 0.000000423. The quantitative estimate of drug-likeness (QED) is 0.777. The Morgan fingerprint density at radius 2 is 1.67 bits per heavy atom. The maximum Gasteiger partial charge on any atom is 0.300 e. The van der Waals surface area contributed by atoms with Crippen molar-refractivity contribution in [2.45, 2.75) is 26.7 Å². The van der Waals surface area contributed by atoms with E-state index in [2.05, 4.69) is 0 Å². The molecule has 0 aliphatic rings. The van der Waals surface area contributed by atoms with Gasteiger partial charge >= 0.3 is 0 Å². The third-order valence-corrected chi connectivity index (χ3v) is 1.57. The van der Waals surface area contributed by atoms with Gasteiger partial charge in [-0.15, -0.1) is 0 Å². The molecule has 1 aromatic carbocycles. The number of ketones is 1. The number of hydrogen-bond donors (Lipinski definition) is 1. The second kappa shape index (κ2) is 7.74. The highest BCUT2D eigenvalue weighted by Gasteiger charge is 2.01. The molecule has 0 aromatic heterocycles. The van der Waals surface area contributed by atoms with Crippen LogP contribution in [-0.4, -0.2) is 16.9 Å². The molecule has 0 fully saturated rings. The SMILES string of the molecule is CC(=O)O.CCCC(=O)c1ccccc1. The Morgan fingerprint density at radius 1 is 1.20 bits per heavy atom. The van der Waals surface area contributed by atoms with E-state index in [0.717, 1.165) is 18.9 Å². The number of carboxylic acids is 1. The van der Waals surface area contributed by atoms with Crippen LogP contribution in [0.25, 0.3) is 0 Å². The predicted molar refractivity (Wildman–Crippen MR) is 59.0 cm³/mol. The van der Waals surface area contributed by atoms with Gasteiger partial charge in [0, 0.05) is 18.9 Å². The lowest BCUT2D eigenvalue weighted by molar-refractivity contribution is -0.134. The smallest absolute Gasteiger partial charge is 0.300 e. The minimum atomic E-state index is -0.833. The van der Waals surface area contributed by atoms with Crippen molar-refractivity contribution in [2.75, 3.05) is 0 Å². The standard InChI is InChI=1S/C10H12O.C2H4O2/c1-2-6-10(11)9-7-4-3-5-8-9;1-2(3)4/h3-5,7-8H,2,6H2,1H3;1H3,(H,3,4). The van der Waals surface area contributed by atoms with Gasteiger partial charge in [0.1, 0.15) is 0 Å². The fourth-order valence-electron chi connectivity index (χ4n) is 0.995. The minimum Gasteiger partial charge on any atom is -0.481 e. The molecular formula is C12H16O3. The molecular weight excluding hydrogens is 192 g/mol. The molecule has 0 heterocycles. The van der Waals surface area contributed by atoms with E-state index in [4.69, 9.17) is 9.90 Å². The van der Waals surface area contributed by atoms with E-state index in [1.165, 1.54) is 0 Å². The van der Waals surface area contributed by atoms with Crippen LogP contribution in [0.1, 0.15) is 37.0 Å². The van der Waals surface area contributed by atoms with Crippen molar-refractivity contribution in [3.63, 3.8) is 0 Å². The van der Waals surface area contributed by atoms with Crippen molar-refractivity contribution < 1.29 is 14.7 Å². The molecule has 15 heavy (non-hydrogen) atoms. The maximum atomic E-state index is 11.2. The van der Waals surface area contributed by atoms with E-state index >= 15 is 0 Å². The van der Waals surface area contributed by atoms with Crippen molar-refractivity contribution in [2.24, 2.45) is 0 Å². The Morgan fingerprint density at radius 3 is 2.07 bits per heavy atom. The van der Waals surface area contributed by atoms with Crippen LogP contribution in [-0.2, 0) is 4.79 Å². The molecule has 0 unspecified atom stereocenters. The summed E-state index contributed by atoms with van der Waals surface area (Å²) in [6.07, 6.45) is 1.58. The molecule has 0 bridgehead atoms. The summed E-state index contributed by atoms with van der Waals surface area (Å²) in [7, 11) is 0. The first kappa shape index (κ1) is 13.4. The highest BCUT2D eigenvalue weighted by Crippen LogP contribution is 2.03. The van der Waals surface area contributed by atoms with Crippen LogP contribution < -0.4 is 0 Å². The number of Topliss-reactive ketones (excluding diaryl/α,β-unsaturated/α-hetero) is 1. The Labute approximate surface area is 89.7 Å². The van der Waals surface area contributed by atoms with Crippen LogP contribution >= 0.6 is 0 Å². The zero-order valence-electron chi connectivity index (χ0n) is 9.06. The lowest BCUT2D eigenvalue weighted by Gasteiger charge is -1.96. The van der Waals surface area contributed by atoms with Crippen molar-refractivity contribution in [1.82, 2.24) is 0 Å². The monoisotopic (exact) mass is 208 g/mol. The molecule has 0 amide bonds. The Bertz CT molecular complexity index is 300. The molecule has 3 nitrogen and oxygen atoms in total. The first-order valence-corrected chi connectivity index (χ1v) is 4.85. The van der Waals surface area contributed by atoms with Gasteiger partial charge in [-0.1, -0.05) is 37.3 Å². The second-order valence-corrected chi connectivity index (χ2v) is 3.06. The summed E-state index contributed by atoms with van der Waals surface area (Å²) in [6, 6.07) is 9.42. The van der Waals surface area contributed by atoms with Crippen molar-refractivity contribution in [1.29, 1.82) is 0 Å². The van der Waals surface area contributed by atoms with Gasteiger partial charge in [0.2, 0.25) is 0 Å². The largest absolute Gasteiger partial charge is 0.481 e. The zero-order valence-corrected chi connectivity index (χ0v) is 9.06. The summed E-state index contributed by atoms with van der Waals surface area (Å²) in [5, 5.41) is 7.42. The molecule has 1 N–H and O–H groups in total. The number of aliphatic carboxylic acids is 1. The zero-order chi connectivity index (χ0) is 11.7. The number of carbonyl (C=O) groups excluding carboxylic acids is 1. The van der Waals surface area contributed by atoms with Gasteiger partial charge in [0.05, 0.1) is 0 Å². The average molecular weight is 208 g/mol. The molecule has 82 valence electrons. The van der Waals surface area contributed by atoms with E-state index < -0.39 is 5.97 Å². The molecule has 0 saturated heterocycles. The molecule has 0 saturated carbocycles. The first-order chi connectivity index (χ1) is 7.07. The molecule has 1 rings (SSSR count). The molecule has 0 atom stereocenters. The lowest BCUT2D eigenvalue weighted by atomic mass is 10.1. The summed E-state index contributed by atoms with van der Waals surface area (Å²) in [4.78, 5) is 20.2. The summed E-state index contributed by atoms with van der Waals surface area (Å²) < 4.78 is 0. The third-order valence-electron chi connectivity index (χ3n) is 1.57. The summed E-state index contributed by atoms with van der Waals surface area (Å²) in [5.41, 5.74) is 0.828. The molecule has 0 aliphatic carbocycles. The average Bonchev–Trinajstić information content (AvgIpc) is 2.19. The number of benzene rings is 1. The number of carbonyl (C=O) groups is 2. The van der Waals surface area contributed by atoms with E-state index in [9.17, 15) is 4.79 Å². The summed E-state index contributed by atoms with van der Waals surface area (Å²) in [5.74, 6) is -0.590. The summed E-state index contributed by atoms with van der Waals surface area (Å²) >= 11 is 0. The first-order valence-electron chi connectivity index (χ1n) is 4.85. The van der Waals surface area contributed by atoms with Crippen LogP contribution in [0.5, 0.6) is 0 Å². The third kappa shape index (κ3) is 7.43. The van der Waals surface area contributed by atoms with Gasteiger partial charge < -0.3 is 5.11 Å². The minimum absolute atomic E-state index is 0.244. The molecule has 1 aromatic rings. The second-order valence-electron chi connectivity index (χ2n) is 3.06. The Kier molecular flexibility index (Phi) is 6.89. The van der Waals surface area contributed by atoms with E-state index in [-0.39, 0.29) is 5.78 Å². The molecule has 0 radical (unpaired) electrons. The molecule has 3 heteroatoms. The van der Waals surface area contributed by atoms with Gasteiger partial charge in [-0.2, -0.15) is 0 Å². The fourth-order valence-corrected chi connectivity index (χ4v) is 0.995. The van der Waals surface area contributed by atoms with Crippen LogP contribution in [0, 0.1) is 0 Å². The molecule has 0 aliphatic heterocycles. The van der Waals surface area contributed by atoms with Crippen LogP contribution in [0.4, 0.5) is 0 Å². The highest BCUT2D eigenvalue weighted by atomic mass is 16.4. The lowest BCUT2D eigenvalue weighted by Crippen LogP contribution is -1.96. The topological polar surface area (TPSA) is 54.4 Å². The fraction of sp³-hybridized carbons (Fsp3) is 0.333. The normalized spacial score (nSPS) is 8.67. The van der Waals surface area contributed by atoms with E-state index in [1.54, 1.807) is 0 Å². The molecule has 0 spiro atoms. The Hall–Kier alpha value is -1.64. The number of hydrogen-bond acceptors (Lipinski definition) is 2. The van der Waals surface area contributed by atoms with Crippen LogP contribution in [0.2, 0.25) is 0 Å². The highest BCUT2D eigenvalue weighted by molar-refractivity contribution is 5.95. The van der Waals surface area contributed by atoms with Crippen LogP contribution in [0.15, 0.2) is 30.3 Å². The van der Waals surface area contributed by atoms with Gasteiger partial charge in [-0.25, -0.2) is 0 Å². The van der Waals surface area contributed by atoms with Crippen LogP contribution in [0.3, 0.4) is 0 Å². The van der Waals surface area contributed by atoms with Gasteiger partial charge in [-0.3, -0.25) is 9.59 Å². The van der Waals surface area contributed by atoms with E-state index in [1.807, 2.05) is 37.3 Å². The van der Waals surface area contributed by atoms with Gasteiger partial charge in [0.25, 0.3) is 5.97 Å². The van der Waals surface area contributed by atoms with Crippen molar-refractivity contribution >= 4 is 11.8 Å². The van der Waals surface area contributed by atoms with Gasteiger partial charge in [-0.05, 0) is 6.42 Å². The number of carboxylic acid groups (broad SMARTS) is 1. The van der Waals surface area contributed by atoms with Crippen molar-refractivity contribution in [3.8, 4) is 0 Å². The van der Waals surface area contributed by atoms with E-state index in [0.29, 0.717) is 6.42 Å². The van der Waals surface area contributed by atoms with Crippen molar-refractivity contribution in [3.05, 3.63) is 35.9 Å².